The molecule has 19 heavy (non-hydrogen) atoms. The summed E-state index contributed by atoms with van der Waals surface area (Å²) in [4.78, 5) is 4.33. The second-order valence-electron chi connectivity index (χ2n) is 5.15. The molecule has 0 aromatic carbocycles. The van der Waals surface area contributed by atoms with Gasteiger partial charge in [-0.3, -0.25) is 4.98 Å². The standard InChI is InChI=1S/C13H21N3O2S/c1-10-4-3-5-11(2)16(10)19(17,18)13-7-6-12(8-14)15-9-13/h6-7,9-11H,3-5,8,14H2,1-2H3. The van der Waals surface area contributed by atoms with E-state index in [1.807, 2.05) is 13.8 Å². The number of pyridine rings is 1. The van der Waals surface area contributed by atoms with Crippen molar-refractivity contribution in [1.82, 2.24) is 9.29 Å². The Hall–Kier alpha value is -0.980. The van der Waals surface area contributed by atoms with Gasteiger partial charge in [0.05, 0.1) is 5.69 Å². The van der Waals surface area contributed by atoms with Gasteiger partial charge in [-0.05, 0) is 38.8 Å². The molecule has 0 amide bonds. The van der Waals surface area contributed by atoms with E-state index in [1.54, 1.807) is 16.4 Å². The number of piperidine rings is 1. The predicted octanol–water partition coefficient (Wildman–Crippen LogP) is 1.49. The molecule has 2 N–H and O–H groups in total. The minimum atomic E-state index is -3.46. The molecule has 1 aliphatic rings. The SMILES string of the molecule is CC1CCCC(C)N1S(=O)(=O)c1ccc(CN)nc1. The Morgan fingerprint density at radius 3 is 2.42 bits per heavy atom. The summed E-state index contributed by atoms with van der Waals surface area (Å²) in [5.41, 5.74) is 6.17. The van der Waals surface area contributed by atoms with Crippen molar-refractivity contribution < 1.29 is 8.42 Å². The minimum absolute atomic E-state index is 0.0444. The van der Waals surface area contributed by atoms with Gasteiger partial charge < -0.3 is 5.73 Å². The van der Waals surface area contributed by atoms with Gasteiger partial charge >= 0.3 is 0 Å². The molecule has 2 atom stereocenters. The lowest BCUT2D eigenvalue weighted by Crippen LogP contribution is -2.47. The quantitative estimate of drug-likeness (QED) is 0.912. The topological polar surface area (TPSA) is 76.3 Å². The fourth-order valence-electron chi connectivity index (χ4n) is 2.68. The monoisotopic (exact) mass is 283 g/mol. The van der Waals surface area contributed by atoms with Crippen molar-refractivity contribution in [3.05, 3.63) is 24.0 Å². The molecule has 1 fully saturated rings. The predicted molar refractivity (Wildman–Crippen MR) is 73.9 cm³/mol. The van der Waals surface area contributed by atoms with E-state index in [0.29, 0.717) is 12.2 Å². The van der Waals surface area contributed by atoms with E-state index >= 15 is 0 Å². The molecule has 5 nitrogen and oxygen atoms in total. The molecule has 2 heterocycles. The summed E-state index contributed by atoms with van der Waals surface area (Å²) < 4.78 is 26.9. The lowest BCUT2D eigenvalue weighted by atomic mass is 10.0. The maximum atomic E-state index is 12.7. The number of aromatic nitrogens is 1. The van der Waals surface area contributed by atoms with Crippen LogP contribution in [0.2, 0.25) is 0 Å². The van der Waals surface area contributed by atoms with Gasteiger partial charge in [-0.25, -0.2) is 8.42 Å². The summed E-state index contributed by atoms with van der Waals surface area (Å²) in [6.07, 6.45) is 4.32. The number of nitrogens with two attached hydrogens (primary N) is 1. The number of hydrogen-bond acceptors (Lipinski definition) is 4. The third-order valence-corrected chi connectivity index (χ3v) is 5.81. The van der Waals surface area contributed by atoms with Crippen LogP contribution in [0, 0.1) is 0 Å². The number of nitrogens with zero attached hydrogens (tertiary/aromatic N) is 2. The van der Waals surface area contributed by atoms with Crippen molar-refractivity contribution in [2.24, 2.45) is 5.73 Å². The first-order valence-electron chi connectivity index (χ1n) is 6.65. The average molecular weight is 283 g/mol. The molecule has 0 saturated carbocycles. The Labute approximate surface area is 114 Å². The summed E-state index contributed by atoms with van der Waals surface area (Å²) in [7, 11) is -3.46. The molecule has 0 spiro atoms. The maximum absolute atomic E-state index is 12.7. The molecule has 0 aliphatic carbocycles. The van der Waals surface area contributed by atoms with Gasteiger partial charge in [0, 0.05) is 24.8 Å². The van der Waals surface area contributed by atoms with E-state index < -0.39 is 10.0 Å². The average Bonchev–Trinajstić information content (AvgIpc) is 2.38. The minimum Gasteiger partial charge on any atom is -0.325 e. The van der Waals surface area contributed by atoms with Crippen LogP contribution in [0.5, 0.6) is 0 Å². The van der Waals surface area contributed by atoms with Crippen molar-refractivity contribution in [2.75, 3.05) is 0 Å². The zero-order valence-corrected chi connectivity index (χ0v) is 12.2. The highest BCUT2D eigenvalue weighted by Crippen LogP contribution is 2.29. The van der Waals surface area contributed by atoms with Crippen LogP contribution in [0.15, 0.2) is 23.2 Å². The van der Waals surface area contributed by atoms with Crippen molar-refractivity contribution in [3.63, 3.8) is 0 Å². The largest absolute Gasteiger partial charge is 0.325 e. The third-order valence-electron chi connectivity index (χ3n) is 3.69. The molecule has 1 aliphatic heterocycles. The van der Waals surface area contributed by atoms with Crippen LogP contribution >= 0.6 is 0 Å². The first-order chi connectivity index (χ1) is 8.96. The van der Waals surface area contributed by atoms with Gasteiger partial charge in [-0.1, -0.05) is 6.42 Å². The molecular formula is C13H21N3O2S. The van der Waals surface area contributed by atoms with E-state index in [9.17, 15) is 8.42 Å². The Kier molecular flexibility index (Phi) is 4.23. The molecule has 0 bridgehead atoms. The molecule has 2 rings (SSSR count). The molecule has 106 valence electrons. The van der Waals surface area contributed by atoms with Crippen molar-refractivity contribution in [1.29, 1.82) is 0 Å². The smallest absolute Gasteiger partial charge is 0.245 e. The first-order valence-corrected chi connectivity index (χ1v) is 8.09. The fourth-order valence-corrected chi connectivity index (χ4v) is 4.51. The van der Waals surface area contributed by atoms with E-state index in [4.69, 9.17) is 5.73 Å². The maximum Gasteiger partial charge on any atom is 0.245 e. The second-order valence-corrected chi connectivity index (χ2v) is 7.00. The number of hydrogen-bond donors (Lipinski definition) is 1. The van der Waals surface area contributed by atoms with E-state index in [-0.39, 0.29) is 17.0 Å². The Morgan fingerprint density at radius 1 is 1.32 bits per heavy atom. The molecule has 0 radical (unpaired) electrons. The lowest BCUT2D eigenvalue weighted by Gasteiger charge is -2.37. The van der Waals surface area contributed by atoms with Gasteiger partial charge in [0.1, 0.15) is 4.90 Å². The van der Waals surface area contributed by atoms with Crippen LogP contribution in [0.4, 0.5) is 0 Å². The van der Waals surface area contributed by atoms with E-state index in [0.717, 1.165) is 19.3 Å². The Balaban J connectivity index is 2.34. The van der Waals surface area contributed by atoms with Crippen molar-refractivity contribution in [2.45, 2.75) is 56.6 Å². The molecule has 1 aromatic rings. The zero-order valence-electron chi connectivity index (χ0n) is 11.4. The highest BCUT2D eigenvalue weighted by atomic mass is 32.2. The molecule has 2 unspecified atom stereocenters. The van der Waals surface area contributed by atoms with E-state index in [2.05, 4.69) is 4.98 Å². The lowest BCUT2D eigenvalue weighted by molar-refractivity contribution is 0.204. The summed E-state index contributed by atoms with van der Waals surface area (Å²) >= 11 is 0. The first kappa shape index (κ1) is 14.4. The van der Waals surface area contributed by atoms with Crippen molar-refractivity contribution >= 4 is 10.0 Å². The van der Waals surface area contributed by atoms with Crippen LogP contribution in [0.3, 0.4) is 0 Å². The molecular weight excluding hydrogens is 262 g/mol. The van der Waals surface area contributed by atoms with Gasteiger partial charge in [-0.2, -0.15) is 4.31 Å². The van der Waals surface area contributed by atoms with Gasteiger partial charge in [-0.15, -0.1) is 0 Å². The summed E-state index contributed by atoms with van der Waals surface area (Å²) in [6.45, 7) is 4.25. The van der Waals surface area contributed by atoms with Crippen LogP contribution in [-0.2, 0) is 16.6 Å². The van der Waals surface area contributed by atoms with Gasteiger partial charge in [0.2, 0.25) is 10.0 Å². The highest BCUT2D eigenvalue weighted by molar-refractivity contribution is 7.89. The van der Waals surface area contributed by atoms with Gasteiger partial charge in [0.25, 0.3) is 0 Å². The summed E-state index contributed by atoms with van der Waals surface area (Å²) in [5.74, 6) is 0. The van der Waals surface area contributed by atoms with Crippen LogP contribution in [0.1, 0.15) is 38.8 Å². The molecule has 1 aromatic heterocycles. The third kappa shape index (κ3) is 2.80. The van der Waals surface area contributed by atoms with Crippen LogP contribution in [0.25, 0.3) is 0 Å². The molecule has 6 heteroatoms. The summed E-state index contributed by atoms with van der Waals surface area (Å²) in [6, 6.07) is 3.36. The Morgan fingerprint density at radius 2 is 1.95 bits per heavy atom. The van der Waals surface area contributed by atoms with Crippen molar-refractivity contribution in [3.8, 4) is 0 Å². The van der Waals surface area contributed by atoms with Crippen LogP contribution < -0.4 is 5.73 Å². The van der Waals surface area contributed by atoms with Gasteiger partial charge in [0.15, 0.2) is 0 Å². The normalized spacial score (nSPS) is 25.4. The summed E-state index contributed by atoms with van der Waals surface area (Å²) in [5, 5.41) is 0. The highest BCUT2D eigenvalue weighted by Gasteiger charge is 2.35. The number of sulfonamides is 1. The fraction of sp³-hybridized carbons (Fsp3) is 0.615. The zero-order chi connectivity index (χ0) is 14.0. The van der Waals surface area contributed by atoms with Crippen LogP contribution in [-0.4, -0.2) is 29.8 Å². The molecule has 1 saturated heterocycles. The Bertz CT molecular complexity index is 517. The number of rotatable bonds is 3. The van der Waals surface area contributed by atoms with E-state index in [1.165, 1.54) is 6.20 Å². The second kappa shape index (κ2) is 5.56.